The number of carbonyl (C=O) groups is 2. The number of hydrogen-bond acceptors (Lipinski definition) is 4. The van der Waals surface area contributed by atoms with Crippen molar-refractivity contribution >= 4 is 29.1 Å². The summed E-state index contributed by atoms with van der Waals surface area (Å²) in [5.41, 5.74) is 1.52. The van der Waals surface area contributed by atoms with Gasteiger partial charge in [-0.25, -0.2) is 0 Å². The van der Waals surface area contributed by atoms with Gasteiger partial charge in [0.15, 0.2) is 11.5 Å². The third-order valence-electron chi connectivity index (χ3n) is 4.55. The zero-order valence-corrected chi connectivity index (χ0v) is 16.0. The highest BCUT2D eigenvalue weighted by Crippen LogP contribution is 2.31. The molecule has 2 amide bonds. The van der Waals surface area contributed by atoms with Gasteiger partial charge in [-0.3, -0.25) is 9.59 Å². The monoisotopic (exact) mass is 388 g/mol. The largest absolute Gasteiger partial charge is 0.493 e. The van der Waals surface area contributed by atoms with E-state index >= 15 is 0 Å². The molecule has 0 aliphatic carbocycles. The number of rotatable bonds is 6. The van der Waals surface area contributed by atoms with Crippen molar-refractivity contribution in [3.63, 3.8) is 0 Å². The van der Waals surface area contributed by atoms with Crippen molar-refractivity contribution in [1.29, 1.82) is 0 Å². The Labute approximate surface area is 163 Å². The van der Waals surface area contributed by atoms with Crippen LogP contribution < -0.4 is 19.7 Å². The van der Waals surface area contributed by atoms with E-state index in [1.54, 1.807) is 43.4 Å². The van der Waals surface area contributed by atoms with E-state index in [0.717, 1.165) is 5.56 Å². The lowest BCUT2D eigenvalue weighted by Crippen LogP contribution is -2.32. The molecule has 0 unspecified atom stereocenters. The maximum atomic E-state index is 12.5. The molecule has 3 rings (SSSR count). The quantitative estimate of drug-likeness (QED) is 0.826. The van der Waals surface area contributed by atoms with Crippen molar-refractivity contribution in [3.05, 3.63) is 53.1 Å². The Morgan fingerprint density at radius 2 is 1.93 bits per heavy atom. The first-order valence-corrected chi connectivity index (χ1v) is 8.94. The molecule has 1 fully saturated rings. The van der Waals surface area contributed by atoms with Crippen LogP contribution in [0.25, 0.3) is 0 Å². The standard InChI is InChI=1S/C20H21ClN2O4/c1-26-17-8-7-13(9-18(17)27-2)11-22-20(25)14-10-19(24)23(12-14)16-6-4-3-5-15(16)21/h3-9,14H,10-12H2,1-2H3,(H,22,25)/t14-/m1/s1. The molecular formula is C20H21ClN2O4. The molecule has 142 valence electrons. The van der Waals surface area contributed by atoms with Gasteiger partial charge in [0.1, 0.15) is 0 Å². The molecule has 27 heavy (non-hydrogen) atoms. The Bertz CT molecular complexity index is 856. The maximum Gasteiger partial charge on any atom is 0.227 e. The minimum atomic E-state index is -0.408. The Morgan fingerprint density at radius 1 is 1.19 bits per heavy atom. The fourth-order valence-corrected chi connectivity index (χ4v) is 3.35. The zero-order valence-electron chi connectivity index (χ0n) is 15.2. The summed E-state index contributed by atoms with van der Waals surface area (Å²) in [6.07, 6.45) is 0.170. The van der Waals surface area contributed by atoms with Gasteiger partial charge in [0.05, 0.1) is 30.8 Å². The van der Waals surface area contributed by atoms with Crippen molar-refractivity contribution in [2.45, 2.75) is 13.0 Å². The van der Waals surface area contributed by atoms with Gasteiger partial charge in [0, 0.05) is 19.5 Å². The molecule has 0 radical (unpaired) electrons. The summed E-state index contributed by atoms with van der Waals surface area (Å²) < 4.78 is 10.5. The fourth-order valence-electron chi connectivity index (χ4n) is 3.11. The second-order valence-electron chi connectivity index (χ2n) is 6.26. The number of ether oxygens (including phenoxy) is 2. The number of nitrogens with zero attached hydrogens (tertiary/aromatic N) is 1. The summed E-state index contributed by atoms with van der Waals surface area (Å²) in [7, 11) is 3.13. The Hall–Kier alpha value is -2.73. The smallest absolute Gasteiger partial charge is 0.227 e. The molecule has 1 atom stereocenters. The predicted molar refractivity (Wildman–Crippen MR) is 103 cm³/mol. The molecular weight excluding hydrogens is 368 g/mol. The number of amides is 2. The molecule has 2 aromatic carbocycles. The molecule has 1 heterocycles. The first-order valence-electron chi connectivity index (χ1n) is 8.57. The van der Waals surface area contributed by atoms with Gasteiger partial charge in [-0.1, -0.05) is 29.8 Å². The van der Waals surface area contributed by atoms with Crippen LogP contribution in [0.2, 0.25) is 5.02 Å². The van der Waals surface area contributed by atoms with Gasteiger partial charge < -0.3 is 19.7 Å². The van der Waals surface area contributed by atoms with Crippen LogP contribution in [0.1, 0.15) is 12.0 Å². The van der Waals surface area contributed by atoms with E-state index in [-0.39, 0.29) is 18.2 Å². The van der Waals surface area contributed by atoms with E-state index in [0.29, 0.717) is 35.3 Å². The molecule has 1 aliphatic rings. The van der Waals surface area contributed by atoms with Gasteiger partial charge in [0.2, 0.25) is 11.8 Å². The molecule has 7 heteroatoms. The minimum Gasteiger partial charge on any atom is -0.493 e. The van der Waals surface area contributed by atoms with E-state index in [2.05, 4.69) is 5.32 Å². The molecule has 6 nitrogen and oxygen atoms in total. The van der Waals surface area contributed by atoms with Crippen molar-refractivity contribution in [2.24, 2.45) is 5.92 Å². The first-order chi connectivity index (χ1) is 13.0. The van der Waals surface area contributed by atoms with Crippen LogP contribution >= 0.6 is 11.6 Å². The van der Waals surface area contributed by atoms with Gasteiger partial charge in [-0.2, -0.15) is 0 Å². The molecule has 0 bridgehead atoms. The summed E-state index contributed by atoms with van der Waals surface area (Å²) in [5, 5.41) is 3.39. The Balaban J connectivity index is 1.62. The number of para-hydroxylation sites is 1. The van der Waals surface area contributed by atoms with E-state index < -0.39 is 5.92 Å². The summed E-state index contributed by atoms with van der Waals surface area (Å²) >= 11 is 6.17. The van der Waals surface area contributed by atoms with Crippen LogP contribution in [-0.2, 0) is 16.1 Å². The van der Waals surface area contributed by atoms with Crippen LogP contribution in [0.3, 0.4) is 0 Å². The second-order valence-corrected chi connectivity index (χ2v) is 6.67. The van der Waals surface area contributed by atoms with Gasteiger partial charge in [-0.05, 0) is 29.8 Å². The highest BCUT2D eigenvalue weighted by atomic mass is 35.5. The average molecular weight is 389 g/mol. The summed E-state index contributed by atoms with van der Waals surface area (Å²) in [6, 6.07) is 12.6. The Morgan fingerprint density at radius 3 is 2.63 bits per heavy atom. The Kier molecular flexibility index (Phi) is 5.86. The van der Waals surface area contributed by atoms with Crippen LogP contribution in [0.5, 0.6) is 11.5 Å². The summed E-state index contributed by atoms with van der Waals surface area (Å²) in [6.45, 7) is 0.663. The number of methoxy groups -OCH3 is 2. The topological polar surface area (TPSA) is 67.9 Å². The number of benzene rings is 2. The van der Waals surface area contributed by atoms with Crippen LogP contribution in [-0.4, -0.2) is 32.6 Å². The lowest BCUT2D eigenvalue weighted by molar-refractivity contribution is -0.126. The van der Waals surface area contributed by atoms with Crippen LogP contribution in [0.4, 0.5) is 5.69 Å². The molecule has 1 aliphatic heterocycles. The normalized spacial score (nSPS) is 16.3. The van der Waals surface area contributed by atoms with Gasteiger partial charge in [0.25, 0.3) is 0 Å². The molecule has 1 N–H and O–H groups in total. The number of hydrogen-bond donors (Lipinski definition) is 1. The van der Waals surface area contributed by atoms with Crippen LogP contribution in [0.15, 0.2) is 42.5 Å². The minimum absolute atomic E-state index is 0.102. The summed E-state index contributed by atoms with van der Waals surface area (Å²) in [4.78, 5) is 26.4. The van der Waals surface area contributed by atoms with E-state index in [9.17, 15) is 9.59 Å². The second kappa shape index (κ2) is 8.31. The first kappa shape index (κ1) is 19.0. The molecule has 0 saturated carbocycles. The van der Waals surface area contributed by atoms with E-state index in [1.165, 1.54) is 0 Å². The number of carbonyl (C=O) groups excluding carboxylic acids is 2. The lowest BCUT2D eigenvalue weighted by atomic mass is 10.1. The van der Waals surface area contributed by atoms with Crippen molar-refractivity contribution < 1.29 is 19.1 Å². The molecule has 2 aromatic rings. The molecule has 0 spiro atoms. The number of nitrogens with one attached hydrogen (secondary N) is 1. The van der Waals surface area contributed by atoms with Crippen molar-refractivity contribution in [3.8, 4) is 11.5 Å². The zero-order chi connectivity index (χ0) is 19.4. The molecule has 0 aromatic heterocycles. The average Bonchev–Trinajstić information content (AvgIpc) is 3.07. The number of halogens is 1. The maximum absolute atomic E-state index is 12.5. The molecule has 1 saturated heterocycles. The van der Waals surface area contributed by atoms with Crippen LogP contribution in [0, 0.1) is 5.92 Å². The van der Waals surface area contributed by atoms with E-state index in [4.69, 9.17) is 21.1 Å². The third kappa shape index (κ3) is 4.17. The lowest BCUT2D eigenvalue weighted by Gasteiger charge is -2.18. The highest BCUT2D eigenvalue weighted by molar-refractivity contribution is 6.33. The van der Waals surface area contributed by atoms with Gasteiger partial charge >= 0.3 is 0 Å². The van der Waals surface area contributed by atoms with Gasteiger partial charge in [-0.15, -0.1) is 0 Å². The number of anilines is 1. The fraction of sp³-hybridized carbons (Fsp3) is 0.300. The van der Waals surface area contributed by atoms with E-state index in [1.807, 2.05) is 18.2 Å². The highest BCUT2D eigenvalue weighted by Gasteiger charge is 2.35. The SMILES string of the molecule is COc1ccc(CNC(=O)[C@@H]2CC(=O)N(c3ccccc3Cl)C2)cc1OC. The van der Waals surface area contributed by atoms with Crippen molar-refractivity contribution in [2.75, 3.05) is 25.7 Å². The predicted octanol–water partition coefficient (Wildman–Crippen LogP) is 3.03. The third-order valence-corrected chi connectivity index (χ3v) is 4.87. The summed E-state index contributed by atoms with van der Waals surface area (Å²) in [5.74, 6) is 0.561. The van der Waals surface area contributed by atoms with Crippen molar-refractivity contribution in [1.82, 2.24) is 5.32 Å².